The summed E-state index contributed by atoms with van der Waals surface area (Å²) in [4.78, 5) is 16.3. The molecule has 1 atom stereocenters. The molecule has 0 aliphatic rings. The molecule has 9 heteroatoms. The zero-order valence-electron chi connectivity index (χ0n) is 15.4. The molecule has 0 bridgehead atoms. The fourth-order valence-corrected chi connectivity index (χ4v) is 2.40. The highest BCUT2D eigenvalue weighted by Gasteiger charge is 2.31. The lowest BCUT2D eigenvalue weighted by molar-refractivity contribution is -0.0925. The second-order valence-corrected chi connectivity index (χ2v) is 6.59. The number of para-hydroxylation sites is 1. The van der Waals surface area contributed by atoms with E-state index in [9.17, 15) is 18.0 Å². The number of nitrogens with two attached hydrogens (primary N) is 1. The first-order valence-electron chi connectivity index (χ1n) is 8.51. The lowest BCUT2D eigenvalue weighted by Crippen LogP contribution is -2.34. The third-order valence-corrected chi connectivity index (χ3v) is 4.13. The van der Waals surface area contributed by atoms with Crippen LogP contribution in [0.5, 0.6) is 0 Å². The van der Waals surface area contributed by atoms with Crippen molar-refractivity contribution >= 4 is 28.9 Å². The number of benzene rings is 2. The summed E-state index contributed by atoms with van der Waals surface area (Å²) in [6.07, 6.45) is -4.01. The largest absolute Gasteiger partial charge is 0.430 e. The van der Waals surface area contributed by atoms with Crippen molar-refractivity contribution in [3.63, 3.8) is 0 Å². The number of rotatable bonds is 6. The topological polar surface area (TPSA) is 87.7 Å². The van der Waals surface area contributed by atoms with Gasteiger partial charge in [0.15, 0.2) is 0 Å². The summed E-state index contributed by atoms with van der Waals surface area (Å²) in [7, 11) is 0. The van der Waals surface area contributed by atoms with Crippen LogP contribution in [-0.4, -0.2) is 35.6 Å². The minimum Gasteiger partial charge on any atom is -0.395 e. The van der Waals surface area contributed by atoms with Crippen molar-refractivity contribution < 1.29 is 23.1 Å². The number of carbonyl (C=O) groups excluding carboxylic acids is 1. The molecule has 1 unspecified atom stereocenters. The summed E-state index contributed by atoms with van der Waals surface area (Å²) in [5.74, 6) is -0.423. The number of aliphatic imine (C=N–C) groups is 1. The van der Waals surface area contributed by atoms with Crippen LogP contribution >= 0.6 is 11.6 Å². The van der Waals surface area contributed by atoms with Gasteiger partial charge in [-0.15, -0.1) is 0 Å². The Morgan fingerprint density at radius 3 is 2.34 bits per heavy atom. The highest BCUT2D eigenvalue weighted by Crippen LogP contribution is 2.27. The van der Waals surface area contributed by atoms with Crippen molar-refractivity contribution in [1.29, 1.82) is 0 Å². The Labute approximate surface area is 170 Å². The van der Waals surface area contributed by atoms with E-state index in [1.54, 1.807) is 31.2 Å². The van der Waals surface area contributed by atoms with Gasteiger partial charge in [-0.2, -0.15) is 13.2 Å². The van der Waals surface area contributed by atoms with Crippen LogP contribution in [-0.2, 0) is 0 Å². The van der Waals surface area contributed by atoms with E-state index in [2.05, 4.69) is 10.3 Å². The van der Waals surface area contributed by atoms with Gasteiger partial charge in [0.2, 0.25) is 0 Å². The highest BCUT2D eigenvalue weighted by molar-refractivity contribution is 6.33. The Morgan fingerprint density at radius 2 is 1.79 bits per heavy atom. The van der Waals surface area contributed by atoms with E-state index in [-0.39, 0.29) is 28.6 Å². The third kappa shape index (κ3) is 6.33. The Kier molecular flexibility index (Phi) is 7.41. The maximum Gasteiger partial charge on any atom is 0.430 e. The first-order chi connectivity index (χ1) is 13.6. The van der Waals surface area contributed by atoms with Gasteiger partial charge in [0.25, 0.3) is 5.91 Å². The lowest BCUT2D eigenvalue weighted by atomic mass is 10.1. The number of amides is 1. The predicted molar refractivity (Wildman–Crippen MR) is 106 cm³/mol. The van der Waals surface area contributed by atoms with Crippen molar-refractivity contribution in [2.45, 2.75) is 19.1 Å². The van der Waals surface area contributed by atoms with Crippen LogP contribution in [0.25, 0.3) is 0 Å². The van der Waals surface area contributed by atoms with E-state index in [4.69, 9.17) is 22.4 Å². The van der Waals surface area contributed by atoms with Gasteiger partial charge in [0.1, 0.15) is 5.70 Å². The monoisotopic (exact) mass is 425 g/mol. The molecule has 0 aliphatic heterocycles. The van der Waals surface area contributed by atoms with E-state index in [1.807, 2.05) is 0 Å². The molecule has 0 aromatic heterocycles. The average Bonchev–Trinajstić information content (AvgIpc) is 2.68. The molecule has 2 aromatic rings. The molecule has 0 heterocycles. The summed E-state index contributed by atoms with van der Waals surface area (Å²) in [6, 6.07) is 11.8. The third-order valence-electron chi connectivity index (χ3n) is 3.81. The average molecular weight is 426 g/mol. The molecule has 0 saturated heterocycles. The molecule has 1 amide bonds. The molecule has 0 spiro atoms. The van der Waals surface area contributed by atoms with Crippen molar-refractivity contribution in [1.82, 2.24) is 5.32 Å². The van der Waals surface area contributed by atoms with Gasteiger partial charge in [-0.1, -0.05) is 35.9 Å². The second-order valence-electron chi connectivity index (χ2n) is 6.18. The molecule has 2 rings (SSSR count). The van der Waals surface area contributed by atoms with E-state index in [1.165, 1.54) is 24.3 Å². The fourth-order valence-electron chi connectivity index (χ4n) is 2.23. The molecule has 0 saturated carbocycles. The van der Waals surface area contributed by atoms with Crippen LogP contribution < -0.4 is 11.1 Å². The molecule has 0 aliphatic carbocycles. The number of aliphatic hydroxyl groups excluding tert-OH is 1. The van der Waals surface area contributed by atoms with Gasteiger partial charge >= 0.3 is 6.18 Å². The predicted octanol–water partition coefficient (Wildman–Crippen LogP) is 3.98. The van der Waals surface area contributed by atoms with E-state index in [0.29, 0.717) is 11.6 Å². The quantitative estimate of drug-likeness (QED) is 0.612. The second kappa shape index (κ2) is 9.58. The molecule has 0 radical (unpaired) electrons. The number of hydrogen-bond donors (Lipinski definition) is 3. The van der Waals surface area contributed by atoms with Crippen LogP contribution in [0, 0.1) is 0 Å². The Balaban J connectivity index is 2.44. The Bertz CT molecular complexity index is 925. The van der Waals surface area contributed by atoms with E-state index >= 15 is 0 Å². The number of nitrogens with one attached hydrogen (secondary N) is 1. The number of alkyl halides is 3. The van der Waals surface area contributed by atoms with Gasteiger partial charge in [-0.25, -0.2) is 4.99 Å². The zero-order chi connectivity index (χ0) is 21.6. The molecular formula is C20H19ClF3N3O2. The van der Waals surface area contributed by atoms with Gasteiger partial charge in [-0.3, -0.25) is 4.79 Å². The molecule has 5 nitrogen and oxygen atoms in total. The zero-order valence-corrected chi connectivity index (χ0v) is 16.1. The Morgan fingerprint density at radius 1 is 1.21 bits per heavy atom. The summed E-state index contributed by atoms with van der Waals surface area (Å²) in [6.45, 7) is 1.41. The van der Waals surface area contributed by atoms with Crippen LogP contribution in [0.3, 0.4) is 0 Å². The molecule has 154 valence electrons. The van der Waals surface area contributed by atoms with Gasteiger partial charge < -0.3 is 16.2 Å². The van der Waals surface area contributed by atoms with Crippen molar-refractivity contribution in [3.05, 3.63) is 76.5 Å². The standard InChI is InChI=1S/C20H19ClF3N3O2/c1-12(11-28)26-19(29)14-8-6-13(7-9-14)17(10-18(25)20(22,23)24)27-16-5-3-2-4-15(16)21/h2-10,12,28H,11,25H2,1H3,(H,26,29). The van der Waals surface area contributed by atoms with Gasteiger partial charge in [0.05, 0.1) is 23.0 Å². The van der Waals surface area contributed by atoms with Gasteiger partial charge in [-0.05, 0) is 37.3 Å². The van der Waals surface area contributed by atoms with Crippen LogP contribution in [0.1, 0.15) is 22.8 Å². The van der Waals surface area contributed by atoms with Crippen molar-refractivity contribution in [2.24, 2.45) is 10.7 Å². The summed E-state index contributed by atoms with van der Waals surface area (Å²) in [5, 5.41) is 11.8. The Hall–Kier alpha value is -2.84. The normalized spacial score (nSPS) is 13.9. The van der Waals surface area contributed by atoms with Gasteiger partial charge in [0, 0.05) is 17.2 Å². The summed E-state index contributed by atoms with van der Waals surface area (Å²) >= 11 is 6.06. The number of aliphatic hydroxyl groups is 1. The maximum absolute atomic E-state index is 12.9. The number of allylic oxidation sites excluding steroid dienone is 2. The summed E-state index contributed by atoms with van der Waals surface area (Å²) in [5.41, 5.74) is 4.64. The minimum atomic E-state index is -4.72. The van der Waals surface area contributed by atoms with Crippen LogP contribution in [0.4, 0.5) is 18.9 Å². The molecule has 29 heavy (non-hydrogen) atoms. The van der Waals surface area contributed by atoms with Crippen molar-refractivity contribution in [2.75, 3.05) is 6.61 Å². The highest BCUT2D eigenvalue weighted by atomic mass is 35.5. The van der Waals surface area contributed by atoms with Crippen LogP contribution in [0.15, 0.2) is 65.3 Å². The van der Waals surface area contributed by atoms with Crippen LogP contribution in [0.2, 0.25) is 5.02 Å². The molecule has 4 N–H and O–H groups in total. The number of halogens is 4. The fraction of sp³-hybridized carbons (Fsp3) is 0.200. The number of hydrogen-bond acceptors (Lipinski definition) is 4. The molecular weight excluding hydrogens is 407 g/mol. The number of carbonyl (C=O) groups is 1. The first-order valence-corrected chi connectivity index (χ1v) is 8.89. The van der Waals surface area contributed by atoms with E-state index < -0.39 is 23.8 Å². The number of nitrogens with zero attached hydrogens (tertiary/aromatic N) is 1. The molecule has 2 aromatic carbocycles. The minimum absolute atomic E-state index is 0.0661. The van der Waals surface area contributed by atoms with Crippen molar-refractivity contribution in [3.8, 4) is 0 Å². The van der Waals surface area contributed by atoms with E-state index in [0.717, 1.165) is 0 Å². The smallest absolute Gasteiger partial charge is 0.395 e. The lowest BCUT2D eigenvalue weighted by Gasteiger charge is -2.12. The first kappa shape index (κ1) is 22.4. The SMILES string of the molecule is CC(CO)NC(=O)c1ccc(C(C=C(N)C(F)(F)F)=Nc2ccccc2Cl)cc1. The summed E-state index contributed by atoms with van der Waals surface area (Å²) < 4.78 is 38.8. The maximum atomic E-state index is 12.9. The molecule has 0 fully saturated rings.